The van der Waals surface area contributed by atoms with Crippen molar-refractivity contribution in [2.24, 2.45) is 5.73 Å². The van der Waals surface area contributed by atoms with E-state index < -0.39 is 5.91 Å². The number of carbonyl (C=O) groups is 2. The van der Waals surface area contributed by atoms with Crippen LogP contribution in [0.15, 0.2) is 61.1 Å². The molecule has 7 heteroatoms. The first kappa shape index (κ1) is 18.5. The summed E-state index contributed by atoms with van der Waals surface area (Å²) in [5.41, 5.74) is 8.16. The van der Waals surface area contributed by atoms with E-state index in [1.54, 1.807) is 49.8 Å². The molecule has 1 atom stereocenters. The number of aromatic nitrogens is 2. The fraction of sp³-hybridized carbons (Fsp3) is 0.100. The third-order valence-corrected chi connectivity index (χ3v) is 4.28. The highest BCUT2D eigenvalue weighted by molar-refractivity contribution is 6.30. The lowest BCUT2D eigenvalue weighted by Crippen LogP contribution is -2.27. The molecule has 0 saturated heterocycles. The zero-order chi connectivity index (χ0) is 19.4. The normalized spacial score (nSPS) is 11.6. The monoisotopic (exact) mass is 380 g/mol. The molecule has 1 heterocycles. The van der Waals surface area contributed by atoms with Gasteiger partial charge < -0.3 is 11.1 Å². The van der Waals surface area contributed by atoms with Crippen LogP contribution in [-0.2, 0) is 0 Å². The Bertz CT molecular complexity index is 975. The van der Waals surface area contributed by atoms with E-state index in [0.717, 1.165) is 5.56 Å². The summed E-state index contributed by atoms with van der Waals surface area (Å²) in [6.45, 7) is 1.81. The minimum Gasteiger partial charge on any atom is -0.366 e. The summed E-state index contributed by atoms with van der Waals surface area (Å²) in [6, 6.07) is 11.6. The molecule has 2 aromatic carbocycles. The van der Waals surface area contributed by atoms with Crippen LogP contribution in [0, 0.1) is 0 Å². The van der Waals surface area contributed by atoms with Gasteiger partial charge in [0.05, 0.1) is 17.9 Å². The van der Waals surface area contributed by atoms with Crippen molar-refractivity contribution in [3.63, 3.8) is 0 Å². The second kappa shape index (κ2) is 7.97. The maximum Gasteiger partial charge on any atom is 0.251 e. The molecule has 0 fully saturated rings. The van der Waals surface area contributed by atoms with E-state index in [2.05, 4.69) is 15.3 Å². The molecule has 0 spiro atoms. The van der Waals surface area contributed by atoms with Crippen molar-refractivity contribution in [3.05, 3.63) is 82.9 Å². The molecule has 0 aliphatic carbocycles. The maximum absolute atomic E-state index is 12.7. The standard InChI is InChI=1S/C20H17ClN4O2/c1-12(18-11-23-6-7-24-18)25-20(27)16-9-14(8-15(10-16)19(22)26)13-2-4-17(21)5-3-13/h2-12H,1H3,(H2,22,26)(H,25,27). The van der Waals surface area contributed by atoms with Gasteiger partial charge in [0.1, 0.15) is 0 Å². The SMILES string of the molecule is CC(NC(=O)c1cc(C(N)=O)cc(-c2ccc(Cl)cc2)c1)c1cnccn1. The van der Waals surface area contributed by atoms with Gasteiger partial charge in [0.2, 0.25) is 5.91 Å². The van der Waals surface area contributed by atoms with Gasteiger partial charge in [-0.25, -0.2) is 0 Å². The third-order valence-electron chi connectivity index (χ3n) is 4.03. The Kier molecular flexibility index (Phi) is 5.47. The molecule has 2 amide bonds. The zero-order valence-electron chi connectivity index (χ0n) is 14.5. The van der Waals surface area contributed by atoms with Crippen LogP contribution in [0.1, 0.15) is 39.4 Å². The molecular formula is C20H17ClN4O2. The first-order valence-corrected chi connectivity index (χ1v) is 8.59. The Hall–Kier alpha value is -3.25. The van der Waals surface area contributed by atoms with Crippen LogP contribution in [0.5, 0.6) is 0 Å². The summed E-state index contributed by atoms with van der Waals surface area (Å²) in [5.74, 6) is -0.951. The van der Waals surface area contributed by atoms with Gasteiger partial charge in [-0.05, 0) is 48.4 Å². The highest BCUT2D eigenvalue weighted by Gasteiger charge is 2.16. The second-order valence-corrected chi connectivity index (χ2v) is 6.43. The van der Waals surface area contributed by atoms with E-state index in [0.29, 0.717) is 21.8 Å². The molecule has 0 bridgehead atoms. The van der Waals surface area contributed by atoms with Crippen molar-refractivity contribution in [2.75, 3.05) is 0 Å². The number of hydrogen-bond donors (Lipinski definition) is 2. The first-order chi connectivity index (χ1) is 12.9. The molecule has 6 nitrogen and oxygen atoms in total. The summed E-state index contributed by atoms with van der Waals surface area (Å²) in [6.07, 6.45) is 4.71. The molecule has 0 radical (unpaired) electrons. The fourth-order valence-corrected chi connectivity index (χ4v) is 2.72. The topological polar surface area (TPSA) is 98.0 Å². The third kappa shape index (κ3) is 4.48. The highest BCUT2D eigenvalue weighted by atomic mass is 35.5. The molecule has 0 aliphatic rings. The Balaban J connectivity index is 1.93. The molecule has 3 rings (SSSR count). The van der Waals surface area contributed by atoms with Crippen LogP contribution in [0.2, 0.25) is 5.02 Å². The summed E-state index contributed by atoms with van der Waals surface area (Å²) in [7, 11) is 0. The van der Waals surface area contributed by atoms with Crippen LogP contribution < -0.4 is 11.1 Å². The highest BCUT2D eigenvalue weighted by Crippen LogP contribution is 2.24. The summed E-state index contributed by atoms with van der Waals surface area (Å²) in [5, 5.41) is 3.45. The van der Waals surface area contributed by atoms with E-state index in [-0.39, 0.29) is 17.5 Å². The van der Waals surface area contributed by atoms with Crippen LogP contribution in [0.25, 0.3) is 11.1 Å². The van der Waals surface area contributed by atoms with Crippen molar-refractivity contribution in [1.29, 1.82) is 0 Å². The van der Waals surface area contributed by atoms with Gasteiger partial charge in [-0.15, -0.1) is 0 Å². The van der Waals surface area contributed by atoms with Crippen molar-refractivity contribution in [1.82, 2.24) is 15.3 Å². The number of rotatable bonds is 5. The molecule has 0 aliphatic heterocycles. The van der Waals surface area contributed by atoms with Crippen LogP contribution in [-0.4, -0.2) is 21.8 Å². The Morgan fingerprint density at radius 2 is 1.74 bits per heavy atom. The number of halogens is 1. The Labute approximate surface area is 161 Å². The summed E-state index contributed by atoms with van der Waals surface area (Å²) >= 11 is 5.93. The van der Waals surface area contributed by atoms with Crippen molar-refractivity contribution >= 4 is 23.4 Å². The molecule has 0 saturated carbocycles. The smallest absolute Gasteiger partial charge is 0.251 e. The number of nitrogens with one attached hydrogen (secondary N) is 1. The van der Waals surface area contributed by atoms with E-state index in [1.807, 2.05) is 12.1 Å². The van der Waals surface area contributed by atoms with Gasteiger partial charge in [-0.1, -0.05) is 23.7 Å². The Morgan fingerprint density at radius 1 is 1.04 bits per heavy atom. The van der Waals surface area contributed by atoms with E-state index in [4.69, 9.17) is 17.3 Å². The van der Waals surface area contributed by atoms with Crippen LogP contribution in [0.4, 0.5) is 0 Å². The molecule has 136 valence electrons. The van der Waals surface area contributed by atoms with E-state index >= 15 is 0 Å². The minimum absolute atomic E-state index is 0.250. The van der Waals surface area contributed by atoms with Crippen molar-refractivity contribution in [2.45, 2.75) is 13.0 Å². The molecule has 27 heavy (non-hydrogen) atoms. The number of carbonyl (C=O) groups excluding carboxylic acids is 2. The van der Waals surface area contributed by atoms with E-state index in [1.165, 1.54) is 6.07 Å². The summed E-state index contributed by atoms with van der Waals surface area (Å²) < 4.78 is 0. The number of hydrogen-bond acceptors (Lipinski definition) is 4. The maximum atomic E-state index is 12.7. The average molecular weight is 381 g/mol. The van der Waals surface area contributed by atoms with Gasteiger partial charge in [0, 0.05) is 28.5 Å². The van der Waals surface area contributed by atoms with E-state index in [9.17, 15) is 9.59 Å². The number of amides is 2. The predicted molar refractivity (Wildman–Crippen MR) is 103 cm³/mol. The lowest BCUT2D eigenvalue weighted by molar-refractivity contribution is 0.0939. The molecule has 1 aromatic heterocycles. The number of nitrogens with two attached hydrogens (primary N) is 1. The lowest BCUT2D eigenvalue weighted by atomic mass is 9.99. The largest absolute Gasteiger partial charge is 0.366 e. The second-order valence-electron chi connectivity index (χ2n) is 6.00. The van der Waals surface area contributed by atoms with Crippen molar-refractivity contribution < 1.29 is 9.59 Å². The minimum atomic E-state index is -0.609. The quantitative estimate of drug-likeness (QED) is 0.708. The number of benzene rings is 2. The molecule has 3 N–H and O–H groups in total. The molecular weight excluding hydrogens is 364 g/mol. The van der Waals surface area contributed by atoms with Gasteiger partial charge in [0.15, 0.2) is 0 Å². The molecule has 3 aromatic rings. The fourth-order valence-electron chi connectivity index (χ4n) is 2.60. The van der Waals surface area contributed by atoms with Gasteiger partial charge in [-0.3, -0.25) is 19.6 Å². The average Bonchev–Trinajstić information content (AvgIpc) is 2.68. The van der Waals surface area contributed by atoms with Gasteiger partial charge in [0.25, 0.3) is 5.91 Å². The Morgan fingerprint density at radius 3 is 2.37 bits per heavy atom. The number of primary amides is 1. The molecule has 1 unspecified atom stereocenters. The summed E-state index contributed by atoms with van der Waals surface area (Å²) in [4.78, 5) is 32.6. The zero-order valence-corrected chi connectivity index (χ0v) is 15.3. The van der Waals surface area contributed by atoms with Crippen LogP contribution in [0.3, 0.4) is 0 Å². The van der Waals surface area contributed by atoms with Crippen LogP contribution >= 0.6 is 11.6 Å². The van der Waals surface area contributed by atoms with Crippen molar-refractivity contribution in [3.8, 4) is 11.1 Å². The van der Waals surface area contributed by atoms with Gasteiger partial charge in [-0.2, -0.15) is 0 Å². The first-order valence-electron chi connectivity index (χ1n) is 8.21. The lowest BCUT2D eigenvalue weighted by Gasteiger charge is -2.14. The van der Waals surface area contributed by atoms with Gasteiger partial charge >= 0.3 is 0 Å². The number of nitrogens with zero attached hydrogens (tertiary/aromatic N) is 2. The predicted octanol–water partition coefficient (Wildman–Crippen LogP) is 3.39.